The highest BCUT2D eigenvalue weighted by Crippen LogP contribution is 2.33. The molecule has 0 radical (unpaired) electrons. The maximum absolute atomic E-state index is 12.9. The van der Waals surface area contributed by atoms with Crippen LogP contribution in [0, 0.1) is 0 Å². The number of hydrogen-bond acceptors (Lipinski definition) is 6. The zero-order valence-corrected chi connectivity index (χ0v) is 16.6. The lowest BCUT2D eigenvalue weighted by Crippen LogP contribution is -2.27. The van der Waals surface area contributed by atoms with Gasteiger partial charge in [0, 0.05) is 24.1 Å². The fourth-order valence-electron chi connectivity index (χ4n) is 3.42. The topological polar surface area (TPSA) is 90.3 Å². The SMILES string of the molecule is C=CCc1cc(C(=O)Nc2nc(C3CCNCC3)nn2C)cc(OC)c1OC. The van der Waals surface area contributed by atoms with Crippen LogP contribution in [0.15, 0.2) is 24.8 Å². The van der Waals surface area contributed by atoms with Crippen LogP contribution in [0.5, 0.6) is 11.5 Å². The first-order chi connectivity index (χ1) is 13.6. The highest BCUT2D eigenvalue weighted by atomic mass is 16.5. The molecule has 2 heterocycles. The quantitative estimate of drug-likeness (QED) is 0.711. The van der Waals surface area contributed by atoms with Crippen LogP contribution >= 0.6 is 0 Å². The van der Waals surface area contributed by atoms with Gasteiger partial charge < -0.3 is 14.8 Å². The number of nitrogens with one attached hydrogen (secondary N) is 2. The standard InChI is InChI=1S/C20H27N5O3/c1-5-6-14-11-15(12-16(27-3)17(14)28-4)19(26)23-20-22-18(24-25(20)2)13-7-9-21-10-8-13/h5,11-13,21H,1,6-10H2,2-4H3,(H,22,23,24,26). The fraction of sp³-hybridized carbons (Fsp3) is 0.450. The predicted octanol–water partition coefficient (Wildman–Crippen LogP) is 2.28. The van der Waals surface area contributed by atoms with Crippen molar-refractivity contribution < 1.29 is 14.3 Å². The Morgan fingerprint density at radius 1 is 1.36 bits per heavy atom. The average Bonchev–Trinajstić information content (AvgIpc) is 3.08. The van der Waals surface area contributed by atoms with Gasteiger partial charge in [-0.3, -0.25) is 10.1 Å². The molecule has 1 aliphatic rings. The first-order valence-corrected chi connectivity index (χ1v) is 9.36. The Morgan fingerprint density at radius 2 is 2.11 bits per heavy atom. The molecule has 0 bridgehead atoms. The third-order valence-electron chi connectivity index (χ3n) is 4.89. The molecule has 28 heavy (non-hydrogen) atoms. The number of hydrogen-bond donors (Lipinski definition) is 2. The van der Waals surface area contributed by atoms with Gasteiger partial charge in [-0.15, -0.1) is 6.58 Å². The van der Waals surface area contributed by atoms with Gasteiger partial charge in [-0.05, 0) is 44.5 Å². The molecule has 150 valence electrons. The molecule has 1 fully saturated rings. The van der Waals surface area contributed by atoms with Crippen molar-refractivity contribution in [1.29, 1.82) is 0 Å². The third kappa shape index (κ3) is 4.17. The van der Waals surface area contributed by atoms with E-state index in [0.717, 1.165) is 37.3 Å². The van der Waals surface area contributed by atoms with Gasteiger partial charge in [-0.2, -0.15) is 10.1 Å². The minimum atomic E-state index is -0.279. The van der Waals surface area contributed by atoms with Gasteiger partial charge in [-0.25, -0.2) is 4.68 Å². The second-order valence-electron chi connectivity index (χ2n) is 6.76. The number of aryl methyl sites for hydroxylation is 1. The number of ether oxygens (including phenoxy) is 2. The van der Waals surface area contributed by atoms with Gasteiger partial charge in [0.1, 0.15) is 0 Å². The number of rotatable bonds is 7. The summed E-state index contributed by atoms with van der Waals surface area (Å²) in [5.74, 6) is 2.35. The molecule has 8 nitrogen and oxygen atoms in total. The van der Waals surface area contributed by atoms with Crippen molar-refractivity contribution in [3.8, 4) is 11.5 Å². The number of anilines is 1. The second kappa shape index (κ2) is 8.88. The summed E-state index contributed by atoms with van der Waals surface area (Å²) in [6, 6.07) is 3.44. The van der Waals surface area contributed by atoms with Crippen molar-refractivity contribution >= 4 is 11.9 Å². The maximum atomic E-state index is 12.9. The first kappa shape index (κ1) is 19.9. The Morgan fingerprint density at radius 3 is 2.75 bits per heavy atom. The highest BCUT2D eigenvalue weighted by molar-refractivity contribution is 6.04. The molecule has 1 saturated heterocycles. The van der Waals surface area contributed by atoms with Crippen LogP contribution in [0.25, 0.3) is 0 Å². The number of allylic oxidation sites excluding steroid dienone is 1. The van der Waals surface area contributed by atoms with Gasteiger partial charge in [0.05, 0.1) is 14.2 Å². The third-order valence-corrected chi connectivity index (χ3v) is 4.89. The first-order valence-electron chi connectivity index (χ1n) is 9.36. The number of amides is 1. The Labute approximate surface area is 164 Å². The van der Waals surface area contributed by atoms with Crippen LogP contribution in [0.4, 0.5) is 5.95 Å². The smallest absolute Gasteiger partial charge is 0.258 e. The van der Waals surface area contributed by atoms with Crippen molar-refractivity contribution in [3.05, 3.63) is 41.7 Å². The molecule has 1 aromatic heterocycles. The predicted molar refractivity (Wildman–Crippen MR) is 107 cm³/mol. The van der Waals surface area contributed by atoms with E-state index in [1.54, 1.807) is 44.2 Å². The average molecular weight is 385 g/mol. The van der Waals surface area contributed by atoms with Crippen LogP contribution in [-0.4, -0.2) is 48.0 Å². The van der Waals surface area contributed by atoms with Crippen LogP contribution < -0.4 is 20.1 Å². The molecule has 2 N–H and O–H groups in total. The molecule has 0 unspecified atom stereocenters. The molecule has 0 aliphatic carbocycles. The molecular weight excluding hydrogens is 358 g/mol. The van der Waals surface area contributed by atoms with Crippen LogP contribution in [0.1, 0.15) is 40.5 Å². The molecule has 0 spiro atoms. The summed E-state index contributed by atoms with van der Waals surface area (Å²) in [6.45, 7) is 5.69. The summed E-state index contributed by atoms with van der Waals surface area (Å²) >= 11 is 0. The summed E-state index contributed by atoms with van der Waals surface area (Å²) in [5.41, 5.74) is 1.29. The second-order valence-corrected chi connectivity index (χ2v) is 6.76. The van der Waals surface area contributed by atoms with E-state index < -0.39 is 0 Å². The fourth-order valence-corrected chi connectivity index (χ4v) is 3.42. The van der Waals surface area contributed by atoms with Crippen molar-refractivity contribution in [3.63, 3.8) is 0 Å². The van der Waals surface area contributed by atoms with Gasteiger partial charge in [0.15, 0.2) is 17.3 Å². The molecule has 1 aromatic carbocycles. The molecule has 0 saturated carbocycles. The van der Waals surface area contributed by atoms with E-state index in [1.807, 2.05) is 0 Å². The summed E-state index contributed by atoms with van der Waals surface area (Å²) < 4.78 is 12.4. The van der Waals surface area contributed by atoms with Gasteiger partial charge in [-0.1, -0.05) is 6.08 Å². The molecular formula is C20H27N5O3. The maximum Gasteiger partial charge on any atom is 0.258 e. The molecule has 8 heteroatoms. The monoisotopic (exact) mass is 385 g/mol. The van der Waals surface area contributed by atoms with E-state index in [1.165, 1.54) is 0 Å². The van der Waals surface area contributed by atoms with E-state index in [2.05, 4.69) is 27.3 Å². The largest absolute Gasteiger partial charge is 0.493 e. The number of piperidine rings is 1. The highest BCUT2D eigenvalue weighted by Gasteiger charge is 2.22. The van der Waals surface area contributed by atoms with Gasteiger partial charge in [0.25, 0.3) is 5.91 Å². The summed E-state index contributed by atoms with van der Waals surface area (Å²) in [5, 5.41) is 10.7. The minimum Gasteiger partial charge on any atom is -0.493 e. The number of carbonyl (C=O) groups is 1. The summed E-state index contributed by atoms with van der Waals surface area (Å²) in [7, 11) is 4.90. The van der Waals surface area contributed by atoms with E-state index in [0.29, 0.717) is 35.3 Å². The lowest BCUT2D eigenvalue weighted by molar-refractivity contribution is 0.102. The van der Waals surface area contributed by atoms with Crippen LogP contribution in [0.2, 0.25) is 0 Å². The Hall–Kier alpha value is -2.87. The minimum absolute atomic E-state index is 0.279. The van der Waals surface area contributed by atoms with E-state index >= 15 is 0 Å². The van der Waals surface area contributed by atoms with E-state index in [-0.39, 0.29) is 5.91 Å². The van der Waals surface area contributed by atoms with Crippen LogP contribution in [-0.2, 0) is 13.5 Å². The number of methoxy groups -OCH3 is 2. The molecule has 1 amide bonds. The number of carbonyl (C=O) groups excluding carboxylic acids is 1. The molecule has 3 rings (SSSR count). The zero-order chi connectivity index (χ0) is 20.1. The van der Waals surface area contributed by atoms with Gasteiger partial charge in [0.2, 0.25) is 5.95 Å². The molecule has 2 aromatic rings. The normalized spacial score (nSPS) is 14.5. The number of benzene rings is 1. The number of nitrogens with zero attached hydrogens (tertiary/aromatic N) is 3. The van der Waals surface area contributed by atoms with Crippen LogP contribution in [0.3, 0.4) is 0 Å². The van der Waals surface area contributed by atoms with E-state index in [9.17, 15) is 4.79 Å². The summed E-state index contributed by atoms with van der Waals surface area (Å²) in [4.78, 5) is 17.4. The van der Waals surface area contributed by atoms with Crippen molar-refractivity contribution in [2.45, 2.75) is 25.2 Å². The Bertz CT molecular complexity index is 856. The zero-order valence-electron chi connectivity index (χ0n) is 16.6. The Kier molecular flexibility index (Phi) is 6.30. The van der Waals surface area contributed by atoms with Gasteiger partial charge >= 0.3 is 0 Å². The van der Waals surface area contributed by atoms with E-state index in [4.69, 9.17) is 9.47 Å². The lowest BCUT2D eigenvalue weighted by Gasteiger charge is -2.19. The van der Waals surface area contributed by atoms with Crippen molar-refractivity contribution in [2.24, 2.45) is 7.05 Å². The van der Waals surface area contributed by atoms with Crippen molar-refractivity contribution in [1.82, 2.24) is 20.1 Å². The van der Waals surface area contributed by atoms with Crippen molar-refractivity contribution in [2.75, 3.05) is 32.6 Å². The lowest BCUT2D eigenvalue weighted by atomic mass is 9.98. The molecule has 1 aliphatic heterocycles. The Balaban J connectivity index is 1.83. The molecule has 0 atom stereocenters. The summed E-state index contributed by atoms with van der Waals surface area (Å²) in [6.07, 6.45) is 4.31. The number of aromatic nitrogens is 3.